The number of nitriles is 1. The van der Waals surface area contributed by atoms with Crippen molar-refractivity contribution in [3.63, 3.8) is 0 Å². The summed E-state index contributed by atoms with van der Waals surface area (Å²) in [7, 11) is 2.27. The molecule has 0 saturated heterocycles. The molecule has 0 N–H and O–H groups in total. The van der Waals surface area contributed by atoms with Crippen molar-refractivity contribution in [1.82, 2.24) is 4.90 Å². The molecule has 2 aliphatic rings. The Bertz CT molecular complexity index is 948. The summed E-state index contributed by atoms with van der Waals surface area (Å²) in [6, 6.07) is 2.91. The van der Waals surface area contributed by atoms with E-state index < -0.39 is 0 Å². The zero-order valence-corrected chi connectivity index (χ0v) is 47.9. The number of ether oxygens (including phenoxy) is 2. The normalized spacial score (nSPS) is 15.2. The summed E-state index contributed by atoms with van der Waals surface area (Å²) in [5, 5.41) is 9.11. The molecular weight excluding hydrogens is 853 g/mol. The second-order valence-corrected chi connectivity index (χ2v) is 20.6. The molecule has 0 aromatic carbocycles. The van der Waals surface area contributed by atoms with Crippen molar-refractivity contribution in [3.8, 4) is 6.07 Å². The zero-order chi connectivity index (χ0) is 49.7. The molecule has 2 unspecified atom stereocenters. The van der Waals surface area contributed by atoms with Crippen LogP contribution in [-0.2, 0) is 19.1 Å². The molecular formula is C58H116N2O4S2. The minimum atomic E-state index is 0.0369. The smallest absolute Gasteiger partial charge is 0.306 e. The van der Waals surface area contributed by atoms with E-state index >= 15 is 0 Å². The molecule has 0 aromatic rings. The number of thioether (sulfide) groups is 2. The SMILES string of the molecule is CC.CC.CC.CC.CCCCCCC(CSCCCCCC(CCCCCSCC(CCCCCC)OC(=O)CCC1CCCCC1)N(C)CCCC#N)OC(=O)CCC1CCCCC1. The van der Waals surface area contributed by atoms with Gasteiger partial charge in [0.25, 0.3) is 0 Å². The van der Waals surface area contributed by atoms with Gasteiger partial charge in [0.05, 0.1) is 6.07 Å². The highest BCUT2D eigenvalue weighted by molar-refractivity contribution is 7.99. The Morgan fingerprint density at radius 2 is 0.924 bits per heavy atom. The third-order valence-electron chi connectivity index (χ3n) is 13.0. The van der Waals surface area contributed by atoms with Crippen LogP contribution in [0.25, 0.3) is 0 Å². The summed E-state index contributed by atoms with van der Waals surface area (Å²) < 4.78 is 12.2. The van der Waals surface area contributed by atoms with Crippen molar-refractivity contribution in [2.75, 3.05) is 36.6 Å². The average Bonchev–Trinajstić information content (AvgIpc) is 3.36. The molecule has 2 aliphatic carbocycles. The lowest BCUT2D eigenvalue weighted by molar-refractivity contribution is -0.149. The maximum Gasteiger partial charge on any atom is 0.306 e. The minimum Gasteiger partial charge on any atom is -0.461 e. The highest BCUT2D eigenvalue weighted by Gasteiger charge is 2.21. The largest absolute Gasteiger partial charge is 0.461 e. The molecule has 0 radical (unpaired) electrons. The Labute approximate surface area is 423 Å². The van der Waals surface area contributed by atoms with Crippen LogP contribution in [-0.4, -0.2) is 71.7 Å². The number of esters is 2. The van der Waals surface area contributed by atoms with E-state index in [1.54, 1.807) is 0 Å². The van der Waals surface area contributed by atoms with Crippen LogP contribution in [0.15, 0.2) is 0 Å². The first kappa shape index (κ1) is 69.4. The lowest BCUT2D eigenvalue weighted by Gasteiger charge is -2.28. The van der Waals surface area contributed by atoms with Crippen LogP contribution in [0.3, 0.4) is 0 Å². The Hall–Kier alpha value is -0.910. The predicted molar refractivity (Wildman–Crippen MR) is 297 cm³/mol. The van der Waals surface area contributed by atoms with Gasteiger partial charge in [0, 0.05) is 36.8 Å². The number of nitrogens with zero attached hydrogens (tertiary/aromatic N) is 2. The fraction of sp³-hybridized carbons (Fsp3) is 0.948. The molecule has 2 rings (SSSR count). The van der Waals surface area contributed by atoms with E-state index in [1.165, 1.54) is 154 Å². The third-order valence-corrected chi connectivity index (χ3v) is 15.4. The van der Waals surface area contributed by atoms with Crippen molar-refractivity contribution in [2.24, 2.45) is 11.8 Å². The number of carbonyl (C=O) groups excluding carboxylic acids is 2. The van der Waals surface area contributed by atoms with E-state index in [1.807, 2.05) is 78.9 Å². The molecule has 0 aromatic heterocycles. The first-order valence-corrected chi connectivity index (χ1v) is 31.4. The molecule has 6 nitrogen and oxygen atoms in total. The maximum atomic E-state index is 12.8. The van der Waals surface area contributed by atoms with E-state index in [0.717, 1.165) is 86.3 Å². The van der Waals surface area contributed by atoms with Gasteiger partial charge in [0.1, 0.15) is 12.2 Å². The summed E-state index contributed by atoms with van der Waals surface area (Å²) in [5.74, 6) is 5.70. The lowest BCUT2D eigenvalue weighted by Crippen LogP contribution is -2.32. The number of hydrogen-bond donors (Lipinski definition) is 0. The van der Waals surface area contributed by atoms with Crippen LogP contribution in [0.1, 0.15) is 288 Å². The van der Waals surface area contributed by atoms with Crippen LogP contribution in [0.4, 0.5) is 0 Å². The molecule has 0 amide bonds. The van der Waals surface area contributed by atoms with Crippen molar-refractivity contribution in [1.29, 1.82) is 5.26 Å². The quantitative estimate of drug-likeness (QED) is 0.0447. The van der Waals surface area contributed by atoms with Gasteiger partial charge in [-0.3, -0.25) is 9.59 Å². The molecule has 394 valence electrons. The van der Waals surface area contributed by atoms with Gasteiger partial charge >= 0.3 is 11.9 Å². The van der Waals surface area contributed by atoms with Gasteiger partial charge < -0.3 is 14.4 Å². The molecule has 0 bridgehead atoms. The summed E-state index contributed by atoms with van der Waals surface area (Å²) >= 11 is 3.98. The third kappa shape index (κ3) is 44.3. The van der Waals surface area contributed by atoms with Crippen molar-refractivity contribution >= 4 is 35.5 Å². The van der Waals surface area contributed by atoms with Crippen molar-refractivity contribution in [3.05, 3.63) is 0 Å². The Morgan fingerprint density at radius 1 is 0.545 bits per heavy atom. The summed E-state index contributed by atoms with van der Waals surface area (Å²) in [5.41, 5.74) is 0. The van der Waals surface area contributed by atoms with E-state index in [0.29, 0.717) is 25.3 Å². The van der Waals surface area contributed by atoms with Crippen LogP contribution in [0, 0.1) is 23.2 Å². The summed E-state index contributed by atoms with van der Waals surface area (Å²) in [6.45, 7) is 21.5. The number of unbranched alkanes of at least 4 members (excludes halogenated alkanes) is 11. The number of rotatable bonds is 38. The predicted octanol–water partition coefficient (Wildman–Crippen LogP) is 18.8. The van der Waals surface area contributed by atoms with Crippen molar-refractivity contribution < 1.29 is 19.1 Å². The molecule has 0 aliphatic heterocycles. The van der Waals surface area contributed by atoms with Crippen LogP contribution in [0.5, 0.6) is 0 Å². The molecule has 2 fully saturated rings. The standard InChI is InChI=1S/C50H92N2O4S2.4C2H6/c1-4-6-8-20-32-47(55-49(53)36-34-44-26-14-10-15-27-44)42-57-40-24-12-18-30-46(52(3)39-23-22-38-51)31-19-13-25-41-58-43-48(33-21-9-7-5-2)56-50(54)37-35-45-28-16-11-17-29-45;4*1-2/h44-48H,4-37,39-43H2,1-3H3;4*1-2H3. The first-order chi connectivity index (χ1) is 32.4. The van der Waals surface area contributed by atoms with Gasteiger partial charge in [0.15, 0.2) is 0 Å². The molecule has 0 spiro atoms. The van der Waals surface area contributed by atoms with Gasteiger partial charge in [-0.15, -0.1) is 0 Å². The van der Waals surface area contributed by atoms with Gasteiger partial charge in [-0.2, -0.15) is 28.8 Å². The second kappa shape index (κ2) is 56.7. The molecule has 66 heavy (non-hydrogen) atoms. The highest BCUT2D eigenvalue weighted by Crippen LogP contribution is 2.29. The van der Waals surface area contributed by atoms with E-state index in [2.05, 4.69) is 31.9 Å². The summed E-state index contributed by atoms with van der Waals surface area (Å²) in [6.07, 6.45) is 39.9. The van der Waals surface area contributed by atoms with Crippen LogP contribution >= 0.6 is 23.5 Å². The Balaban J connectivity index is -0.00000469. The fourth-order valence-corrected chi connectivity index (χ4v) is 11.3. The van der Waals surface area contributed by atoms with E-state index in [9.17, 15) is 9.59 Å². The maximum absolute atomic E-state index is 12.8. The molecule has 0 heterocycles. The van der Waals surface area contributed by atoms with E-state index in [-0.39, 0.29) is 24.1 Å². The van der Waals surface area contributed by atoms with Gasteiger partial charge in [-0.05, 0) is 108 Å². The average molecular weight is 970 g/mol. The number of hydrogen-bond acceptors (Lipinski definition) is 8. The van der Waals surface area contributed by atoms with Gasteiger partial charge in [0.2, 0.25) is 0 Å². The highest BCUT2D eigenvalue weighted by atomic mass is 32.2. The van der Waals surface area contributed by atoms with E-state index in [4.69, 9.17) is 14.7 Å². The second-order valence-electron chi connectivity index (χ2n) is 18.3. The molecule has 8 heteroatoms. The van der Waals surface area contributed by atoms with Crippen molar-refractivity contribution in [2.45, 2.75) is 306 Å². The number of carbonyl (C=O) groups is 2. The van der Waals surface area contributed by atoms with Gasteiger partial charge in [-0.25, -0.2) is 0 Å². The molecule has 2 atom stereocenters. The van der Waals surface area contributed by atoms with Crippen LogP contribution in [0.2, 0.25) is 0 Å². The topological polar surface area (TPSA) is 79.6 Å². The lowest BCUT2D eigenvalue weighted by atomic mass is 9.86. The fourth-order valence-electron chi connectivity index (χ4n) is 9.16. The first-order valence-electron chi connectivity index (χ1n) is 29.1. The molecule has 2 saturated carbocycles. The monoisotopic (exact) mass is 969 g/mol. The Morgan fingerprint density at radius 3 is 1.30 bits per heavy atom. The summed E-state index contributed by atoms with van der Waals surface area (Å²) in [4.78, 5) is 28.1. The zero-order valence-electron chi connectivity index (χ0n) is 46.3. The van der Waals surface area contributed by atoms with Crippen LogP contribution < -0.4 is 0 Å². The Kier molecular flexibility index (Phi) is 59.6. The van der Waals surface area contributed by atoms with Gasteiger partial charge in [-0.1, -0.05) is 198 Å². The minimum absolute atomic E-state index is 0.0369.